The minimum Gasteiger partial charge on any atom is -0.239 e. The minimum absolute atomic E-state index is 0.116. The lowest BCUT2D eigenvalue weighted by molar-refractivity contribution is -0.140. The van der Waals surface area contributed by atoms with E-state index in [9.17, 15) is 26.3 Å². The highest BCUT2D eigenvalue weighted by molar-refractivity contribution is 5.86. The zero-order chi connectivity index (χ0) is 19.4. The summed E-state index contributed by atoms with van der Waals surface area (Å²) < 4.78 is 80.5. The smallest absolute Gasteiger partial charge is 0.239 e. The maximum absolute atomic E-state index is 13.6. The van der Waals surface area contributed by atoms with Crippen LogP contribution in [0.4, 0.5) is 26.3 Å². The average Bonchev–Trinajstić information content (AvgIpc) is 3.05. The summed E-state index contributed by atoms with van der Waals surface area (Å²) in [6.07, 6.45) is -9.50. The quantitative estimate of drug-likeness (QED) is 0.436. The Bertz CT molecular complexity index is 1150. The van der Waals surface area contributed by atoms with Crippen molar-refractivity contribution in [2.24, 2.45) is 0 Å². The van der Waals surface area contributed by atoms with Crippen LogP contribution in [-0.2, 0) is 12.4 Å². The van der Waals surface area contributed by atoms with E-state index in [1.54, 1.807) is 18.2 Å². The summed E-state index contributed by atoms with van der Waals surface area (Å²) in [6.45, 7) is 0. The van der Waals surface area contributed by atoms with Crippen molar-refractivity contribution in [3.8, 4) is 11.3 Å². The SMILES string of the molecule is FC(F)(F)c1ccc2nc(C(F)(F)F)c3c(-c4ccccc4)nnn3c2c1. The van der Waals surface area contributed by atoms with Crippen molar-refractivity contribution >= 4 is 16.6 Å². The molecule has 0 spiro atoms. The Labute approximate surface area is 147 Å². The van der Waals surface area contributed by atoms with Crippen LogP contribution in [-0.4, -0.2) is 19.8 Å². The molecule has 0 aliphatic heterocycles. The monoisotopic (exact) mass is 382 g/mol. The fraction of sp³-hybridized carbons (Fsp3) is 0.118. The molecule has 27 heavy (non-hydrogen) atoms. The van der Waals surface area contributed by atoms with Crippen LogP contribution >= 0.6 is 0 Å². The van der Waals surface area contributed by atoms with E-state index < -0.39 is 29.1 Å². The molecule has 0 radical (unpaired) electrons. The molecule has 0 aliphatic carbocycles. The van der Waals surface area contributed by atoms with Gasteiger partial charge in [-0.15, -0.1) is 5.10 Å². The Hall–Kier alpha value is -3.17. The van der Waals surface area contributed by atoms with Crippen molar-refractivity contribution in [2.75, 3.05) is 0 Å². The lowest BCUT2D eigenvalue weighted by Gasteiger charge is -2.12. The van der Waals surface area contributed by atoms with Crippen molar-refractivity contribution in [1.29, 1.82) is 0 Å². The van der Waals surface area contributed by atoms with Crippen LogP contribution in [0.3, 0.4) is 0 Å². The highest BCUT2D eigenvalue weighted by atomic mass is 19.4. The van der Waals surface area contributed by atoms with Crippen molar-refractivity contribution in [1.82, 2.24) is 19.8 Å². The summed E-state index contributed by atoms with van der Waals surface area (Å²) >= 11 is 0. The second kappa shape index (κ2) is 5.66. The van der Waals surface area contributed by atoms with Gasteiger partial charge in [0.25, 0.3) is 0 Å². The average molecular weight is 382 g/mol. The van der Waals surface area contributed by atoms with E-state index in [0.29, 0.717) is 17.7 Å². The van der Waals surface area contributed by atoms with E-state index in [4.69, 9.17) is 0 Å². The van der Waals surface area contributed by atoms with Gasteiger partial charge in [0.15, 0.2) is 5.69 Å². The summed E-state index contributed by atoms with van der Waals surface area (Å²) in [5, 5.41) is 7.45. The van der Waals surface area contributed by atoms with Gasteiger partial charge in [0.1, 0.15) is 11.2 Å². The van der Waals surface area contributed by atoms with E-state index in [1.165, 1.54) is 12.1 Å². The molecule has 10 heteroatoms. The highest BCUT2D eigenvalue weighted by Crippen LogP contribution is 2.38. The maximum atomic E-state index is 13.6. The van der Waals surface area contributed by atoms with E-state index in [-0.39, 0.29) is 16.7 Å². The maximum Gasteiger partial charge on any atom is 0.435 e. The number of aromatic nitrogens is 4. The van der Waals surface area contributed by atoms with Gasteiger partial charge in [-0.2, -0.15) is 26.3 Å². The molecule has 0 aliphatic rings. The molecule has 0 amide bonds. The first-order valence-corrected chi connectivity index (χ1v) is 7.55. The number of rotatable bonds is 1. The molecule has 0 saturated heterocycles. The Morgan fingerprint density at radius 3 is 2.15 bits per heavy atom. The van der Waals surface area contributed by atoms with Gasteiger partial charge in [0.2, 0.25) is 0 Å². The summed E-state index contributed by atoms with van der Waals surface area (Å²) in [6, 6.07) is 10.2. The normalized spacial score (nSPS) is 12.8. The van der Waals surface area contributed by atoms with Gasteiger partial charge in [0.05, 0.1) is 16.6 Å². The van der Waals surface area contributed by atoms with Gasteiger partial charge in [-0.1, -0.05) is 35.5 Å². The highest BCUT2D eigenvalue weighted by Gasteiger charge is 2.38. The van der Waals surface area contributed by atoms with Crippen LogP contribution in [0.1, 0.15) is 11.3 Å². The Morgan fingerprint density at radius 1 is 0.815 bits per heavy atom. The van der Waals surface area contributed by atoms with Gasteiger partial charge >= 0.3 is 12.4 Å². The summed E-state index contributed by atoms with van der Waals surface area (Å²) in [4.78, 5) is 3.56. The molecule has 0 fully saturated rings. The van der Waals surface area contributed by atoms with Gasteiger partial charge in [-0.3, -0.25) is 0 Å². The van der Waals surface area contributed by atoms with Crippen molar-refractivity contribution in [3.63, 3.8) is 0 Å². The second-order valence-electron chi connectivity index (χ2n) is 5.72. The summed E-state index contributed by atoms with van der Waals surface area (Å²) in [7, 11) is 0. The molecular formula is C17H8F6N4. The molecule has 0 atom stereocenters. The number of alkyl halides is 6. The predicted octanol–water partition coefficient (Wildman–Crippen LogP) is 4.98. The molecule has 2 aromatic heterocycles. The standard InChI is InChI=1S/C17H8F6N4/c18-16(19,20)10-6-7-11-12(8-10)27-14(15(24-11)17(21,22)23)13(25-26-27)9-4-2-1-3-5-9/h1-8H. The molecular weight excluding hydrogens is 374 g/mol. The van der Waals surface area contributed by atoms with Crippen LogP contribution in [0.5, 0.6) is 0 Å². The molecule has 2 heterocycles. The Morgan fingerprint density at radius 2 is 1.52 bits per heavy atom. The van der Waals surface area contributed by atoms with E-state index in [0.717, 1.165) is 10.6 Å². The van der Waals surface area contributed by atoms with E-state index >= 15 is 0 Å². The molecule has 0 saturated carbocycles. The minimum atomic E-state index is -4.84. The topological polar surface area (TPSA) is 43.1 Å². The fourth-order valence-corrected chi connectivity index (χ4v) is 2.79. The third kappa shape index (κ3) is 2.86. The van der Waals surface area contributed by atoms with Gasteiger partial charge in [-0.25, -0.2) is 9.50 Å². The fourth-order valence-electron chi connectivity index (χ4n) is 2.79. The Kier molecular flexibility index (Phi) is 3.62. The lowest BCUT2D eigenvalue weighted by atomic mass is 10.1. The number of hydrogen-bond acceptors (Lipinski definition) is 3. The molecule has 0 N–H and O–H groups in total. The van der Waals surface area contributed by atoms with Crippen LogP contribution in [0, 0.1) is 0 Å². The first kappa shape index (κ1) is 17.3. The molecule has 4 nitrogen and oxygen atoms in total. The second-order valence-corrected chi connectivity index (χ2v) is 5.72. The van der Waals surface area contributed by atoms with Gasteiger partial charge in [-0.05, 0) is 18.2 Å². The number of hydrogen-bond donors (Lipinski definition) is 0. The van der Waals surface area contributed by atoms with Gasteiger partial charge in [0, 0.05) is 5.56 Å². The van der Waals surface area contributed by atoms with Crippen molar-refractivity contribution in [3.05, 3.63) is 59.8 Å². The van der Waals surface area contributed by atoms with Gasteiger partial charge < -0.3 is 0 Å². The first-order valence-electron chi connectivity index (χ1n) is 7.55. The molecule has 2 aromatic carbocycles. The number of benzene rings is 2. The van der Waals surface area contributed by atoms with E-state index in [2.05, 4.69) is 15.3 Å². The van der Waals surface area contributed by atoms with E-state index in [1.807, 2.05) is 0 Å². The zero-order valence-corrected chi connectivity index (χ0v) is 13.2. The third-order valence-electron chi connectivity index (χ3n) is 3.97. The van der Waals surface area contributed by atoms with Crippen molar-refractivity contribution < 1.29 is 26.3 Å². The molecule has 0 bridgehead atoms. The number of halogens is 6. The largest absolute Gasteiger partial charge is 0.435 e. The zero-order valence-electron chi connectivity index (χ0n) is 13.2. The van der Waals surface area contributed by atoms with Crippen molar-refractivity contribution in [2.45, 2.75) is 12.4 Å². The summed E-state index contributed by atoms with van der Waals surface area (Å²) in [5.74, 6) is 0. The molecule has 138 valence electrons. The number of fused-ring (bicyclic) bond motifs is 3. The molecule has 4 rings (SSSR count). The number of nitrogens with zero attached hydrogens (tertiary/aromatic N) is 4. The molecule has 0 unspecified atom stereocenters. The predicted molar refractivity (Wildman–Crippen MR) is 83.7 cm³/mol. The first-order chi connectivity index (χ1) is 12.7. The Balaban J connectivity index is 2.13. The lowest BCUT2D eigenvalue weighted by Crippen LogP contribution is -2.12. The summed E-state index contributed by atoms with van der Waals surface area (Å²) in [5.41, 5.74) is -3.05. The third-order valence-corrected chi connectivity index (χ3v) is 3.97. The van der Waals surface area contributed by atoms with Crippen LogP contribution in [0.2, 0.25) is 0 Å². The van der Waals surface area contributed by atoms with Crippen LogP contribution in [0.15, 0.2) is 48.5 Å². The van der Waals surface area contributed by atoms with Crippen LogP contribution in [0.25, 0.3) is 27.8 Å². The van der Waals surface area contributed by atoms with Crippen LogP contribution < -0.4 is 0 Å². The molecule has 4 aromatic rings.